The fourth-order valence-corrected chi connectivity index (χ4v) is 5.35. The predicted octanol–water partition coefficient (Wildman–Crippen LogP) is 6.77. The Labute approximate surface area is 272 Å². The van der Waals surface area contributed by atoms with E-state index in [4.69, 9.17) is 23.7 Å². The maximum atomic E-state index is 13.1. The molecule has 1 amide bonds. The summed E-state index contributed by atoms with van der Waals surface area (Å²) < 4.78 is 32.8. The van der Waals surface area contributed by atoms with Gasteiger partial charge in [0.05, 0.1) is 33.0 Å². The van der Waals surface area contributed by atoms with Crippen LogP contribution in [0.4, 0.5) is 0 Å². The molecule has 7 nitrogen and oxygen atoms in total. The van der Waals surface area contributed by atoms with E-state index in [0.29, 0.717) is 26.4 Å². The second-order valence-corrected chi connectivity index (χ2v) is 11.6. The first kappa shape index (κ1) is 33.3. The van der Waals surface area contributed by atoms with Gasteiger partial charge >= 0.3 is 0 Å². The van der Waals surface area contributed by atoms with Crippen LogP contribution in [0, 0.1) is 0 Å². The highest BCUT2D eigenvalue weighted by molar-refractivity contribution is 5.88. The van der Waals surface area contributed by atoms with Gasteiger partial charge in [-0.3, -0.25) is 4.79 Å². The van der Waals surface area contributed by atoms with Crippen LogP contribution in [-0.4, -0.2) is 43.2 Å². The second kappa shape index (κ2) is 17.5. The molecule has 240 valence electrons. The SMILES string of the molecule is CC(C)=CC(=O)N[C@H]1O[C@H](COCc2ccccc2)[C@@H](OCc2ccccc2)[C@H](OCc2ccccc2)[C@H]1OCc1ccccc1. The zero-order chi connectivity index (χ0) is 32.0. The largest absolute Gasteiger partial charge is 0.374 e. The molecule has 1 aliphatic heterocycles. The van der Waals surface area contributed by atoms with Crippen molar-refractivity contribution in [3.8, 4) is 0 Å². The van der Waals surface area contributed by atoms with Crippen LogP contribution in [0.1, 0.15) is 36.1 Å². The van der Waals surface area contributed by atoms with Crippen LogP contribution in [-0.2, 0) is 54.9 Å². The summed E-state index contributed by atoms with van der Waals surface area (Å²) in [6.07, 6.45) is -1.71. The van der Waals surface area contributed by atoms with E-state index in [1.54, 1.807) is 6.08 Å². The summed E-state index contributed by atoms with van der Waals surface area (Å²) in [4.78, 5) is 13.1. The smallest absolute Gasteiger partial charge is 0.245 e. The highest BCUT2D eigenvalue weighted by Gasteiger charge is 2.49. The molecule has 1 fully saturated rings. The van der Waals surface area contributed by atoms with Crippen molar-refractivity contribution in [3.05, 3.63) is 155 Å². The van der Waals surface area contributed by atoms with Crippen LogP contribution in [0.3, 0.4) is 0 Å². The molecule has 0 bridgehead atoms. The van der Waals surface area contributed by atoms with Gasteiger partial charge in [0, 0.05) is 6.08 Å². The molecule has 1 aliphatic rings. The molecule has 5 atom stereocenters. The van der Waals surface area contributed by atoms with Crippen LogP contribution in [0.25, 0.3) is 0 Å². The van der Waals surface area contributed by atoms with E-state index in [0.717, 1.165) is 27.8 Å². The quantitative estimate of drug-likeness (QED) is 0.148. The lowest BCUT2D eigenvalue weighted by Crippen LogP contribution is -2.65. The van der Waals surface area contributed by atoms with E-state index < -0.39 is 30.6 Å². The van der Waals surface area contributed by atoms with Crippen molar-refractivity contribution >= 4 is 5.91 Å². The molecule has 0 aliphatic carbocycles. The molecule has 7 heteroatoms. The van der Waals surface area contributed by atoms with E-state index in [9.17, 15) is 4.79 Å². The van der Waals surface area contributed by atoms with Gasteiger partial charge in [0.1, 0.15) is 24.4 Å². The number of rotatable bonds is 15. The van der Waals surface area contributed by atoms with E-state index in [1.807, 2.05) is 135 Å². The van der Waals surface area contributed by atoms with Crippen LogP contribution >= 0.6 is 0 Å². The molecule has 4 aromatic rings. The first-order valence-electron chi connectivity index (χ1n) is 15.7. The Morgan fingerprint density at radius 1 is 0.609 bits per heavy atom. The van der Waals surface area contributed by atoms with Crippen molar-refractivity contribution in [2.24, 2.45) is 0 Å². The summed E-state index contributed by atoms with van der Waals surface area (Å²) >= 11 is 0. The summed E-state index contributed by atoms with van der Waals surface area (Å²) in [5.41, 5.74) is 4.95. The molecule has 0 saturated carbocycles. The number of amides is 1. The van der Waals surface area contributed by atoms with Gasteiger partial charge in [-0.2, -0.15) is 0 Å². The number of hydrogen-bond donors (Lipinski definition) is 1. The maximum Gasteiger partial charge on any atom is 0.245 e. The minimum absolute atomic E-state index is 0.222. The third-order valence-corrected chi connectivity index (χ3v) is 7.59. The standard InChI is InChI=1S/C39H43NO6/c1-29(2)23-35(41)40-39-38(45-27-33-21-13-6-14-22-33)37(44-26-32-19-11-5-12-20-32)36(43-25-31-17-9-4-10-18-31)34(46-39)28-42-24-30-15-7-3-8-16-30/h3-23,34,36-39H,24-28H2,1-2H3,(H,40,41)/t34-,36-,37+,38-,39+/m1/s1. The van der Waals surface area contributed by atoms with E-state index in [-0.39, 0.29) is 12.5 Å². The van der Waals surface area contributed by atoms with Gasteiger partial charge < -0.3 is 29.0 Å². The van der Waals surface area contributed by atoms with Crippen molar-refractivity contribution in [1.82, 2.24) is 5.32 Å². The summed E-state index contributed by atoms with van der Waals surface area (Å²) in [5.74, 6) is -0.271. The number of carbonyl (C=O) groups is 1. The van der Waals surface area contributed by atoms with Gasteiger partial charge in [0.2, 0.25) is 5.91 Å². The molecule has 1 heterocycles. The Balaban J connectivity index is 1.46. The molecule has 1 N–H and O–H groups in total. The molecule has 0 unspecified atom stereocenters. The lowest BCUT2D eigenvalue weighted by Gasteiger charge is -2.46. The Morgan fingerprint density at radius 2 is 1.02 bits per heavy atom. The number of ether oxygens (including phenoxy) is 5. The average molecular weight is 622 g/mol. The van der Waals surface area contributed by atoms with E-state index >= 15 is 0 Å². The normalized spacial score (nSPS) is 21.0. The molecule has 1 saturated heterocycles. The number of carbonyl (C=O) groups excluding carboxylic acids is 1. The predicted molar refractivity (Wildman–Crippen MR) is 177 cm³/mol. The zero-order valence-corrected chi connectivity index (χ0v) is 26.5. The lowest BCUT2D eigenvalue weighted by molar-refractivity contribution is -0.277. The van der Waals surface area contributed by atoms with Crippen molar-refractivity contribution in [1.29, 1.82) is 0 Å². The van der Waals surface area contributed by atoms with Gasteiger partial charge in [0.25, 0.3) is 0 Å². The number of hydrogen-bond acceptors (Lipinski definition) is 6. The average Bonchev–Trinajstić information content (AvgIpc) is 3.08. The minimum atomic E-state index is -0.825. The topological polar surface area (TPSA) is 75.3 Å². The highest BCUT2D eigenvalue weighted by atomic mass is 16.6. The van der Waals surface area contributed by atoms with Crippen LogP contribution in [0.2, 0.25) is 0 Å². The summed E-state index contributed by atoms with van der Waals surface area (Å²) in [6, 6.07) is 39.9. The summed E-state index contributed by atoms with van der Waals surface area (Å²) in [5, 5.41) is 3.04. The second-order valence-electron chi connectivity index (χ2n) is 11.6. The monoisotopic (exact) mass is 621 g/mol. The van der Waals surface area contributed by atoms with E-state index in [2.05, 4.69) is 5.32 Å². The van der Waals surface area contributed by atoms with Crippen LogP contribution < -0.4 is 5.32 Å². The van der Waals surface area contributed by atoms with Crippen molar-refractivity contribution < 1.29 is 28.5 Å². The van der Waals surface area contributed by atoms with E-state index in [1.165, 1.54) is 0 Å². The molecule has 0 radical (unpaired) electrons. The highest BCUT2D eigenvalue weighted by Crippen LogP contribution is 2.30. The first-order chi connectivity index (χ1) is 22.5. The van der Waals surface area contributed by atoms with Gasteiger partial charge in [0.15, 0.2) is 6.23 Å². The summed E-state index contributed by atoms with van der Waals surface area (Å²) in [6.45, 7) is 5.36. The van der Waals surface area contributed by atoms with Crippen LogP contribution in [0.5, 0.6) is 0 Å². The first-order valence-corrected chi connectivity index (χ1v) is 15.7. The number of benzene rings is 4. The maximum absolute atomic E-state index is 13.1. The van der Waals surface area contributed by atoms with Crippen molar-refractivity contribution in [2.45, 2.75) is 70.9 Å². The fraction of sp³-hybridized carbons (Fsp3) is 0.308. The van der Waals surface area contributed by atoms with Gasteiger partial charge in [-0.25, -0.2) is 0 Å². The number of nitrogens with one attached hydrogen (secondary N) is 1. The molecule has 0 spiro atoms. The molecule has 46 heavy (non-hydrogen) atoms. The molecular formula is C39H43NO6. The molecular weight excluding hydrogens is 578 g/mol. The van der Waals surface area contributed by atoms with Crippen molar-refractivity contribution in [2.75, 3.05) is 6.61 Å². The Morgan fingerprint density at radius 3 is 1.48 bits per heavy atom. The molecule has 5 rings (SSSR count). The minimum Gasteiger partial charge on any atom is -0.374 e. The van der Waals surface area contributed by atoms with Crippen LogP contribution in [0.15, 0.2) is 133 Å². The Hall–Kier alpha value is -4.11. The summed E-state index contributed by atoms with van der Waals surface area (Å²) in [7, 11) is 0. The van der Waals surface area contributed by atoms with Gasteiger partial charge in [-0.05, 0) is 36.1 Å². The zero-order valence-electron chi connectivity index (χ0n) is 26.5. The fourth-order valence-electron chi connectivity index (χ4n) is 5.35. The Kier molecular flexibility index (Phi) is 12.7. The molecule has 0 aromatic heterocycles. The third kappa shape index (κ3) is 10.2. The van der Waals surface area contributed by atoms with Gasteiger partial charge in [-0.1, -0.05) is 127 Å². The molecule has 4 aromatic carbocycles. The third-order valence-electron chi connectivity index (χ3n) is 7.59. The lowest BCUT2D eigenvalue weighted by atomic mass is 9.96. The number of allylic oxidation sites excluding steroid dienone is 1. The Bertz CT molecular complexity index is 1480. The van der Waals surface area contributed by atoms with Gasteiger partial charge in [-0.15, -0.1) is 0 Å². The van der Waals surface area contributed by atoms with Crippen molar-refractivity contribution in [3.63, 3.8) is 0 Å².